The molecule has 1 aromatic carbocycles. The molecule has 2 heterocycles. The third-order valence-corrected chi connectivity index (χ3v) is 4.42. The largest absolute Gasteiger partial charge is 0.488 e. The molecule has 0 amide bonds. The number of rotatable bonds is 4. The maximum atomic E-state index is 9.12. The van der Waals surface area contributed by atoms with Gasteiger partial charge in [0.1, 0.15) is 23.6 Å². The van der Waals surface area contributed by atoms with Crippen molar-refractivity contribution in [2.24, 2.45) is 7.05 Å². The quantitative estimate of drug-likeness (QED) is 0.870. The summed E-state index contributed by atoms with van der Waals surface area (Å²) in [6, 6.07) is 12.5. The van der Waals surface area contributed by atoms with Crippen molar-refractivity contribution in [3.05, 3.63) is 52.8 Å². The third kappa shape index (κ3) is 2.72. The summed E-state index contributed by atoms with van der Waals surface area (Å²) in [5, 5.41) is 9.12. The van der Waals surface area contributed by atoms with Crippen molar-refractivity contribution in [3.8, 4) is 11.8 Å². The highest BCUT2D eigenvalue weighted by atomic mass is 16.5. The second kappa shape index (κ2) is 5.86. The van der Waals surface area contributed by atoms with Crippen LogP contribution < -0.4 is 4.74 Å². The van der Waals surface area contributed by atoms with E-state index in [1.807, 2.05) is 29.8 Å². The molecule has 2 aromatic rings. The molecule has 0 fully saturated rings. The second-order valence-electron chi connectivity index (χ2n) is 6.06. The summed E-state index contributed by atoms with van der Waals surface area (Å²) < 4.78 is 7.95. The fourth-order valence-corrected chi connectivity index (χ4v) is 3.09. The molecule has 22 heavy (non-hydrogen) atoms. The second-order valence-corrected chi connectivity index (χ2v) is 6.06. The van der Waals surface area contributed by atoms with E-state index in [4.69, 9.17) is 10.00 Å². The number of likely N-dealkylation sites (N-methyl/N-ethyl adjacent to an activating group) is 1. The summed E-state index contributed by atoms with van der Waals surface area (Å²) >= 11 is 0. The summed E-state index contributed by atoms with van der Waals surface area (Å²) in [6.45, 7) is 3.77. The van der Waals surface area contributed by atoms with E-state index in [0.29, 0.717) is 5.69 Å². The van der Waals surface area contributed by atoms with Crippen molar-refractivity contribution in [3.63, 3.8) is 0 Å². The lowest BCUT2D eigenvalue weighted by molar-refractivity contribution is 0.165. The molecule has 3 rings (SSSR count). The Morgan fingerprint density at radius 2 is 2.18 bits per heavy atom. The van der Waals surface area contributed by atoms with Crippen LogP contribution in [0.5, 0.6) is 5.75 Å². The van der Waals surface area contributed by atoms with E-state index in [9.17, 15) is 0 Å². The molecular formula is C18H21N3O. The molecule has 0 bridgehead atoms. The maximum Gasteiger partial charge on any atom is 0.123 e. The van der Waals surface area contributed by atoms with Crippen LogP contribution in [0, 0.1) is 18.3 Å². The van der Waals surface area contributed by atoms with E-state index >= 15 is 0 Å². The Bertz CT molecular complexity index is 701. The molecule has 0 spiro atoms. The molecule has 0 radical (unpaired) electrons. The Morgan fingerprint density at radius 1 is 1.41 bits per heavy atom. The summed E-state index contributed by atoms with van der Waals surface area (Å²) in [5.41, 5.74) is 4.37. The smallest absolute Gasteiger partial charge is 0.123 e. The minimum atomic E-state index is 0.210. The van der Waals surface area contributed by atoms with Crippen molar-refractivity contribution in [1.29, 1.82) is 5.26 Å². The summed E-state index contributed by atoms with van der Waals surface area (Å²) in [5.74, 6) is 1.02. The predicted octanol–water partition coefficient (Wildman–Crippen LogP) is 2.64. The number of hydrogen-bond acceptors (Lipinski definition) is 3. The number of hydrogen-bond donors (Lipinski definition) is 0. The van der Waals surface area contributed by atoms with Gasteiger partial charge in [0.15, 0.2) is 0 Å². The van der Waals surface area contributed by atoms with Crippen LogP contribution in [-0.2, 0) is 20.0 Å². The number of benzene rings is 1. The van der Waals surface area contributed by atoms with Gasteiger partial charge in [0.05, 0.1) is 0 Å². The lowest BCUT2D eigenvalue weighted by Gasteiger charge is -2.20. The van der Waals surface area contributed by atoms with Crippen LogP contribution in [0.25, 0.3) is 0 Å². The van der Waals surface area contributed by atoms with Crippen LogP contribution in [-0.4, -0.2) is 29.2 Å². The Morgan fingerprint density at radius 3 is 2.86 bits per heavy atom. The van der Waals surface area contributed by atoms with Gasteiger partial charge < -0.3 is 9.30 Å². The van der Waals surface area contributed by atoms with Gasteiger partial charge in [-0.3, -0.25) is 4.90 Å². The molecule has 0 saturated heterocycles. The fraction of sp³-hybridized carbons (Fsp3) is 0.389. The SMILES string of the molecule is Cc1c(CN(C)C[C@@H]2Cc3ccccc3O2)cc(C#N)n1C. The number of ether oxygens (including phenoxy) is 1. The van der Waals surface area contributed by atoms with Gasteiger partial charge in [0, 0.05) is 32.3 Å². The van der Waals surface area contributed by atoms with Gasteiger partial charge in [-0.2, -0.15) is 5.26 Å². The third-order valence-electron chi connectivity index (χ3n) is 4.42. The molecular weight excluding hydrogens is 274 g/mol. The van der Waals surface area contributed by atoms with Gasteiger partial charge in [-0.05, 0) is 37.2 Å². The van der Waals surface area contributed by atoms with Crippen LogP contribution in [0.2, 0.25) is 0 Å². The molecule has 1 aliphatic rings. The summed E-state index contributed by atoms with van der Waals surface area (Å²) in [7, 11) is 4.04. The first-order chi connectivity index (χ1) is 10.6. The minimum Gasteiger partial charge on any atom is -0.488 e. The molecule has 0 N–H and O–H groups in total. The topological polar surface area (TPSA) is 41.2 Å². The van der Waals surface area contributed by atoms with Gasteiger partial charge in [0.25, 0.3) is 0 Å². The van der Waals surface area contributed by atoms with E-state index < -0.39 is 0 Å². The number of fused-ring (bicyclic) bond motifs is 1. The molecule has 1 atom stereocenters. The molecule has 0 aliphatic carbocycles. The van der Waals surface area contributed by atoms with Crippen molar-refractivity contribution >= 4 is 0 Å². The average molecular weight is 295 g/mol. The van der Waals surface area contributed by atoms with E-state index in [1.165, 1.54) is 11.1 Å². The van der Waals surface area contributed by atoms with Gasteiger partial charge in [-0.25, -0.2) is 0 Å². The molecule has 0 unspecified atom stereocenters. The zero-order chi connectivity index (χ0) is 15.7. The minimum absolute atomic E-state index is 0.210. The molecule has 114 valence electrons. The van der Waals surface area contributed by atoms with Crippen LogP contribution in [0.4, 0.5) is 0 Å². The number of nitrogens with zero attached hydrogens (tertiary/aromatic N) is 3. The van der Waals surface area contributed by atoms with Crippen LogP contribution >= 0.6 is 0 Å². The molecule has 0 saturated carbocycles. The molecule has 1 aromatic heterocycles. The maximum absolute atomic E-state index is 9.12. The Hall–Kier alpha value is -2.25. The monoisotopic (exact) mass is 295 g/mol. The van der Waals surface area contributed by atoms with E-state index in [0.717, 1.165) is 31.0 Å². The average Bonchev–Trinajstić information content (AvgIpc) is 3.02. The molecule has 1 aliphatic heterocycles. The lowest BCUT2D eigenvalue weighted by Crippen LogP contribution is -2.31. The molecule has 4 nitrogen and oxygen atoms in total. The molecule has 4 heteroatoms. The van der Waals surface area contributed by atoms with E-state index in [-0.39, 0.29) is 6.10 Å². The number of aromatic nitrogens is 1. The highest BCUT2D eigenvalue weighted by Gasteiger charge is 2.23. The first-order valence-electron chi connectivity index (χ1n) is 7.57. The standard InChI is InChI=1S/C18H21N3O/c1-13-15(8-16(10-19)21(13)3)11-20(2)12-17-9-14-6-4-5-7-18(14)22-17/h4-8,17H,9,11-12H2,1-3H3/t17-/m0/s1. The van der Waals surface area contributed by atoms with Gasteiger partial charge in [0.2, 0.25) is 0 Å². The predicted molar refractivity (Wildman–Crippen MR) is 85.8 cm³/mol. The highest BCUT2D eigenvalue weighted by Crippen LogP contribution is 2.28. The van der Waals surface area contributed by atoms with Crippen molar-refractivity contribution in [1.82, 2.24) is 9.47 Å². The summed E-state index contributed by atoms with van der Waals surface area (Å²) in [4.78, 5) is 2.26. The van der Waals surface area contributed by atoms with Crippen LogP contribution in [0.3, 0.4) is 0 Å². The first kappa shape index (κ1) is 14.7. The zero-order valence-corrected chi connectivity index (χ0v) is 13.3. The number of para-hydroxylation sites is 1. The summed E-state index contributed by atoms with van der Waals surface area (Å²) in [6.07, 6.45) is 1.18. The first-order valence-corrected chi connectivity index (χ1v) is 7.57. The van der Waals surface area contributed by atoms with Crippen molar-refractivity contribution in [2.45, 2.75) is 26.0 Å². The van der Waals surface area contributed by atoms with Crippen LogP contribution in [0.15, 0.2) is 30.3 Å². The van der Waals surface area contributed by atoms with Crippen LogP contribution in [0.1, 0.15) is 22.5 Å². The normalized spacial score (nSPS) is 16.4. The lowest BCUT2D eigenvalue weighted by atomic mass is 10.1. The van der Waals surface area contributed by atoms with Gasteiger partial charge >= 0.3 is 0 Å². The zero-order valence-electron chi connectivity index (χ0n) is 13.3. The highest BCUT2D eigenvalue weighted by molar-refractivity contribution is 5.37. The Kier molecular flexibility index (Phi) is 3.91. The van der Waals surface area contributed by atoms with Gasteiger partial charge in [-0.1, -0.05) is 18.2 Å². The van der Waals surface area contributed by atoms with E-state index in [2.05, 4.69) is 37.1 Å². The van der Waals surface area contributed by atoms with Gasteiger partial charge in [-0.15, -0.1) is 0 Å². The number of nitriles is 1. The fourth-order valence-electron chi connectivity index (χ4n) is 3.09. The Balaban J connectivity index is 1.63. The van der Waals surface area contributed by atoms with Crippen molar-refractivity contribution < 1.29 is 4.74 Å². The Labute approximate surface area is 131 Å². The van der Waals surface area contributed by atoms with E-state index in [1.54, 1.807) is 0 Å². The van der Waals surface area contributed by atoms with Crippen molar-refractivity contribution in [2.75, 3.05) is 13.6 Å².